The van der Waals surface area contributed by atoms with Crippen molar-refractivity contribution >= 4 is 46.1 Å². The molecule has 1 N–H and O–H groups in total. The molecule has 0 fully saturated rings. The first-order chi connectivity index (χ1) is 7.91. The Morgan fingerprint density at radius 2 is 2.12 bits per heavy atom. The molecule has 1 aromatic carbocycles. The number of hydrogen-bond acceptors (Lipinski definition) is 2. The fraction of sp³-hybridized carbons (Fsp3) is 0.273. The van der Waals surface area contributed by atoms with E-state index in [-0.39, 0.29) is 18.9 Å². The first-order valence-electron chi connectivity index (χ1n) is 4.84. The Bertz CT molecular complexity index is 450. The van der Waals surface area contributed by atoms with Gasteiger partial charge in [-0.15, -0.1) is 0 Å². The number of halogens is 2. The second kappa shape index (κ2) is 6.20. The van der Waals surface area contributed by atoms with E-state index in [4.69, 9.17) is 16.7 Å². The summed E-state index contributed by atoms with van der Waals surface area (Å²) in [5, 5.41) is 9.13. The minimum absolute atomic E-state index is 0.0626. The van der Waals surface area contributed by atoms with Crippen LogP contribution in [0, 0.1) is 3.57 Å². The van der Waals surface area contributed by atoms with Gasteiger partial charge in [-0.05, 0) is 40.8 Å². The SMILES string of the molecule is CN(CCC(=O)O)C(=O)c1ccc(Cl)c(I)c1. The Morgan fingerprint density at radius 1 is 1.47 bits per heavy atom. The lowest BCUT2D eigenvalue weighted by Crippen LogP contribution is -2.29. The maximum Gasteiger partial charge on any atom is 0.305 e. The largest absolute Gasteiger partial charge is 0.481 e. The fourth-order valence-electron chi connectivity index (χ4n) is 1.21. The highest BCUT2D eigenvalue weighted by molar-refractivity contribution is 14.1. The lowest BCUT2D eigenvalue weighted by atomic mass is 10.2. The molecular weight excluding hydrogens is 356 g/mol. The van der Waals surface area contributed by atoms with Crippen molar-refractivity contribution in [1.29, 1.82) is 0 Å². The molecule has 0 saturated heterocycles. The third kappa shape index (κ3) is 4.16. The molecular formula is C11H11ClINO3. The number of benzene rings is 1. The fourth-order valence-corrected chi connectivity index (χ4v) is 1.85. The van der Waals surface area contributed by atoms with Gasteiger partial charge in [-0.25, -0.2) is 0 Å². The number of carboxylic acid groups (broad SMARTS) is 1. The van der Waals surface area contributed by atoms with Crippen LogP contribution in [0.2, 0.25) is 5.02 Å². The molecule has 1 amide bonds. The summed E-state index contributed by atoms with van der Waals surface area (Å²) in [5.74, 6) is -1.13. The van der Waals surface area contributed by atoms with Gasteiger partial charge >= 0.3 is 5.97 Å². The van der Waals surface area contributed by atoms with Crippen molar-refractivity contribution in [2.24, 2.45) is 0 Å². The quantitative estimate of drug-likeness (QED) is 0.832. The molecule has 0 unspecified atom stereocenters. The van der Waals surface area contributed by atoms with Crippen LogP contribution in [0.3, 0.4) is 0 Å². The highest BCUT2D eigenvalue weighted by atomic mass is 127. The van der Waals surface area contributed by atoms with E-state index in [0.29, 0.717) is 10.6 Å². The molecule has 0 atom stereocenters. The zero-order chi connectivity index (χ0) is 13.0. The van der Waals surface area contributed by atoms with Gasteiger partial charge in [0.15, 0.2) is 0 Å². The van der Waals surface area contributed by atoms with Gasteiger partial charge in [0.25, 0.3) is 5.91 Å². The van der Waals surface area contributed by atoms with Gasteiger partial charge < -0.3 is 10.0 Å². The molecule has 17 heavy (non-hydrogen) atoms. The molecule has 0 radical (unpaired) electrons. The molecule has 0 aliphatic rings. The first-order valence-corrected chi connectivity index (χ1v) is 6.30. The molecule has 0 heterocycles. The molecule has 1 rings (SSSR count). The summed E-state index contributed by atoms with van der Waals surface area (Å²) in [6, 6.07) is 4.97. The average Bonchev–Trinajstić information content (AvgIpc) is 2.28. The molecule has 0 aromatic heterocycles. The molecule has 0 aliphatic heterocycles. The van der Waals surface area contributed by atoms with E-state index in [0.717, 1.165) is 3.57 Å². The maximum absolute atomic E-state index is 11.9. The van der Waals surface area contributed by atoms with Crippen LogP contribution in [0.1, 0.15) is 16.8 Å². The lowest BCUT2D eigenvalue weighted by molar-refractivity contribution is -0.137. The molecule has 0 aliphatic carbocycles. The summed E-state index contributed by atoms with van der Waals surface area (Å²) in [6.45, 7) is 0.188. The zero-order valence-electron chi connectivity index (χ0n) is 9.11. The highest BCUT2D eigenvalue weighted by Gasteiger charge is 2.13. The Morgan fingerprint density at radius 3 is 2.65 bits per heavy atom. The van der Waals surface area contributed by atoms with E-state index in [1.807, 2.05) is 22.6 Å². The number of carboxylic acids is 1. The van der Waals surface area contributed by atoms with Gasteiger partial charge in [0, 0.05) is 22.7 Å². The Labute approximate surface area is 118 Å². The summed E-state index contributed by atoms with van der Waals surface area (Å²) < 4.78 is 0.793. The number of nitrogens with zero attached hydrogens (tertiary/aromatic N) is 1. The van der Waals surface area contributed by atoms with Crippen molar-refractivity contribution < 1.29 is 14.7 Å². The van der Waals surface area contributed by atoms with Crippen LogP contribution in [-0.2, 0) is 4.79 Å². The van der Waals surface area contributed by atoms with E-state index in [2.05, 4.69) is 0 Å². The minimum atomic E-state index is -0.921. The Balaban J connectivity index is 2.74. The molecule has 0 spiro atoms. The molecule has 0 bridgehead atoms. The van der Waals surface area contributed by atoms with Crippen LogP contribution >= 0.6 is 34.2 Å². The minimum Gasteiger partial charge on any atom is -0.481 e. The van der Waals surface area contributed by atoms with E-state index >= 15 is 0 Å². The monoisotopic (exact) mass is 367 g/mol. The van der Waals surface area contributed by atoms with Gasteiger partial charge in [0.2, 0.25) is 0 Å². The number of amides is 1. The predicted molar refractivity (Wildman–Crippen MR) is 73.4 cm³/mol. The molecule has 92 valence electrons. The van der Waals surface area contributed by atoms with Crippen LogP contribution in [0.5, 0.6) is 0 Å². The summed E-state index contributed by atoms with van der Waals surface area (Å²) in [6.07, 6.45) is -0.0626. The molecule has 0 saturated carbocycles. The van der Waals surface area contributed by atoms with E-state index in [1.54, 1.807) is 25.2 Å². The molecule has 4 nitrogen and oxygen atoms in total. The summed E-state index contributed by atoms with van der Waals surface area (Å²) in [4.78, 5) is 23.7. The van der Waals surface area contributed by atoms with Crippen LogP contribution in [0.25, 0.3) is 0 Å². The van der Waals surface area contributed by atoms with Gasteiger partial charge in [-0.1, -0.05) is 11.6 Å². The summed E-state index contributed by atoms with van der Waals surface area (Å²) in [7, 11) is 1.58. The number of hydrogen-bond donors (Lipinski definition) is 1. The maximum atomic E-state index is 11.9. The van der Waals surface area contributed by atoms with Crippen molar-refractivity contribution in [3.8, 4) is 0 Å². The summed E-state index contributed by atoms with van der Waals surface area (Å²) >= 11 is 7.90. The molecule has 6 heteroatoms. The third-order valence-electron chi connectivity index (χ3n) is 2.17. The number of aliphatic carboxylic acids is 1. The van der Waals surface area contributed by atoms with Crippen LogP contribution in [-0.4, -0.2) is 35.5 Å². The number of carbonyl (C=O) groups is 2. The highest BCUT2D eigenvalue weighted by Crippen LogP contribution is 2.20. The molecule has 1 aromatic rings. The Kier molecular flexibility index (Phi) is 5.20. The summed E-state index contributed by atoms with van der Waals surface area (Å²) in [5.41, 5.74) is 0.506. The predicted octanol–water partition coefficient (Wildman–Crippen LogP) is 2.49. The lowest BCUT2D eigenvalue weighted by Gasteiger charge is -2.16. The number of carbonyl (C=O) groups excluding carboxylic acids is 1. The van der Waals surface area contributed by atoms with E-state index < -0.39 is 5.97 Å². The zero-order valence-corrected chi connectivity index (χ0v) is 12.0. The van der Waals surface area contributed by atoms with Crippen molar-refractivity contribution in [2.75, 3.05) is 13.6 Å². The Hall–Kier alpha value is -0.820. The van der Waals surface area contributed by atoms with E-state index in [1.165, 1.54) is 4.90 Å². The van der Waals surface area contributed by atoms with Gasteiger partial charge in [-0.2, -0.15) is 0 Å². The number of rotatable bonds is 4. The van der Waals surface area contributed by atoms with Crippen molar-refractivity contribution in [3.05, 3.63) is 32.4 Å². The van der Waals surface area contributed by atoms with Gasteiger partial charge in [0.1, 0.15) is 0 Å². The van der Waals surface area contributed by atoms with Crippen molar-refractivity contribution in [2.45, 2.75) is 6.42 Å². The van der Waals surface area contributed by atoms with E-state index in [9.17, 15) is 9.59 Å². The topological polar surface area (TPSA) is 57.6 Å². The van der Waals surface area contributed by atoms with Gasteiger partial charge in [-0.3, -0.25) is 9.59 Å². The van der Waals surface area contributed by atoms with Crippen molar-refractivity contribution in [3.63, 3.8) is 0 Å². The standard InChI is InChI=1S/C11H11ClINO3/c1-14(5-4-10(15)16)11(17)7-2-3-8(12)9(13)6-7/h2-3,6H,4-5H2,1H3,(H,15,16). The van der Waals surface area contributed by atoms with Crippen LogP contribution in [0.4, 0.5) is 0 Å². The smallest absolute Gasteiger partial charge is 0.305 e. The third-order valence-corrected chi connectivity index (χ3v) is 3.72. The van der Waals surface area contributed by atoms with Crippen molar-refractivity contribution in [1.82, 2.24) is 4.90 Å². The van der Waals surface area contributed by atoms with Crippen LogP contribution in [0.15, 0.2) is 18.2 Å². The van der Waals surface area contributed by atoms with Gasteiger partial charge in [0.05, 0.1) is 11.4 Å². The first kappa shape index (κ1) is 14.2. The van der Waals surface area contributed by atoms with Crippen LogP contribution < -0.4 is 0 Å². The second-order valence-corrected chi connectivity index (χ2v) is 5.07. The average molecular weight is 368 g/mol. The normalized spacial score (nSPS) is 10.1. The second-order valence-electron chi connectivity index (χ2n) is 3.50.